The molecule has 0 atom stereocenters. The van der Waals surface area contributed by atoms with Crippen molar-refractivity contribution in [2.45, 2.75) is 25.8 Å². The molecule has 3 heteroatoms. The van der Waals surface area contributed by atoms with Crippen LogP contribution >= 0.6 is 0 Å². The average Bonchev–Trinajstić information content (AvgIpc) is 2.51. The highest BCUT2D eigenvalue weighted by Gasteiger charge is 2.28. The van der Waals surface area contributed by atoms with Gasteiger partial charge in [-0.05, 0) is 44.5 Å². The number of hydrogen-bond acceptors (Lipinski definition) is 3. The first-order chi connectivity index (χ1) is 10.6. The predicted molar refractivity (Wildman–Crippen MR) is 92.9 cm³/mol. The SMILES string of the molecule is CC1(C)CN(CCCOc2ccccc2)c2ccccc2N1. The molecule has 0 saturated carbocycles. The van der Waals surface area contributed by atoms with Crippen LogP contribution in [0.2, 0.25) is 0 Å². The van der Waals surface area contributed by atoms with Crippen LogP contribution in [0.5, 0.6) is 5.75 Å². The van der Waals surface area contributed by atoms with Crippen molar-refractivity contribution in [3.8, 4) is 5.75 Å². The van der Waals surface area contributed by atoms with E-state index in [1.165, 1.54) is 11.4 Å². The van der Waals surface area contributed by atoms with E-state index >= 15 is 0 Å². The Labute approximate surface area is 132 Å². The topological polar surface area (TPSA) is 24.5 Å². The Balaban J connectivity index is 1.58. The lowest BCUT2D eigenvalue weighted by Gasteiger charge is -2.42. The molecule has 0 aromatic heterocycles. The monoisotopic (exact) mass is 296 g/mol. The molecule has 2 aromatic carbocycles. The Hall–Kier alpha value is -2.16. The highest BCUT2D eigenvalue weighted by Crippen LogP contribution is 2.34. The van der Waals surface area contributed by atoms with Crippen molar-refractivity contribution >= 4 is 11.4 Å². The van der Waals surface area contributed by atoms with Crippen LogP contribution in [0.3, 0.4) is 0 Å². The smallest absolute Gasteiger partial charge is 0.119 e. The third-order valence-corrected chi connectivity index (χ3v) is 3.89. The van der Waals surface area contributed by atoms with Gasteiger partial charge in [-0.25, -0.2) is 0 Å². The molecule has 116 valence electrons. The van der Waals surface area contributed by atoms with Gasteiger partial charge in [0.25, 0.3) is 0 Å². The number of para-hydroxylation sites is 3. The molecule has 3 nitrogen and oxygen atoms in total. The molecule has 0 spiro atoms. The van der Waals surface area contributed by atoms with Gasteiger partial charge in [-0.2, -0.15) is 0 Å². The van der Waals surface area contributed by atoms with E-state index in [0.717, 1.165) is 31.9 Å². The summed E-state index contributed by atoms with van der Waals surface area (Å²) in [6, 6.07) is 18.6. The fourth-order valence-corrected chi connectivity index (χ4v) is 2.98. The van der Waals surface area contributed by atoms with Gasteiger partial charge >= 0.3 is 0 Å². The van der Waals surface area contributed by atoms with Crippen molar-refractivity contribution in [3.05, 3.63) is 54.6 Å². The van der Waals surface area contributed by atoms with Crippen LogP contribution in [0.25, 0.3) is 0 Å². The van der Waals surface area contributed by atoms with Gasteiger partial charge in [-0.3, -0.25) is 0 Å². The van der Waals surface area contributed by atoms with E-state index in [9.17, 15) is 0 Å². The van der Waals surface area contributed by atoms with Crippen LogP contribution in [-0.2, 0) is 0 Å². The fraction of sp³-hybridized carbons (Fsp3) is 0.368. The lowest BCUT2D eigenvalue weighted by Crippen LogP contribution is -2.48. The number of nitrogens with zero attached hydrogens (tertiary/aromatic N) is 1. The maximum Gasteiger partial charge on any atom is 0.119 e. The Morgan fingerprint density at radius 1 is 1.05 bits per heavy atom. The number of rotatable bonds is 5. The molecule has 0 fully saturated rings. The molecule has 0 radical (unpaired) electrons. The molecule has 3 rings (SSSR count). The van der Waals surface area contributed by atoms with Gasteiger partial charge in [-0.1, -0.05) is 30.3 Å². The zero-order valence-electron chi connectivity index (χ0n) is 13.4. The van der Waals surface area contributed by atoms with Gasteiger partial charge in [0, 0.05) is 18.6 Å². The van der Waals surface area contributed by atoms with E-state index in [1.54, 1.807) is 0 Å². The first-order valence-electron chi connectivity index (χ1n) is 7.94. The largest absolute Gasteiger partial charge is 0.494 e. The number of nitrogens with one attached hydrogen (secondary N) is 1. The molecule has 0 unspecified atom stereocenters. The number of fused-ring (bicyclic) bond motifs is 1. The predicted octanol–water partition coefficient (Wildman–Crippen LogP) is 4.17. The molecular weight excluding hydrogens is 272 g/mol. The normalized spacial score (nSPS) is 15.8. The maximum absolute atomic E-state index is 5.79. The van der Waals surface area contributed by atoms with Crippen LogP contribution in [0.1, 0.15) is 20.3 Å². The van der Waals surface area contributed by atoms with E-state index in [1.807, 2.05) is 30.3 Å². The molecule has 2 aromatic rings. The minimum absolute atomic E-state index is 0.0919. The third-order valence-electron chi connectivity index (χ3n) is 3.89. The molecule has 0 saturated heterocycles. The van der Waals surface area contributed by atoms with E-state index in [2.05, 4.69) is 48.3 Å². The van der Waals surface area contributed by atoms with E-state index in [0.29, 0.717) is 0 Å². The molecule has 0 amide bonds. The van der Waals surface area contributed by atoms with Crippen LogP contribution < -0.4 is 15.0 Å². The fourth-order valence-electron chi connectivity index (χ4n) is 2.98. The molecule has 1 aliphatic heterocycles. The maximum atomic E-state index is 5.79. The van der Waals surface area contributed by atoms with E-state index in [4.69, 9.17) is 4.74 Å². The second-order valence-corrected chi connectivity index (χ2v) is 6.46. The average molecular weight is 296 g/mol. The second kappa shape index (κ2) is 6.30. The molecule has 1 heterocycles. The summed E-state index contributed by atoms with van der Waals surface area (Å²) in [5.74, 6) is 0.948. The molecule has 1 aliphatic rings. The highest BCUT2D eigenvalue weighted by atomic mass is 16.5. The quantitative estimate of drug-likeness (QED) is 0.838. The van der Waals surface area contributed by atoms with E-state index < -0.39 is 0 Å². The zero-order valence-corrected chi connectivity index (χ0v) is 13.4. The lowest BCUT2D eigenvalue weighted by atomic mass is 9.99. The molecular formula is C19H24N2O. The minimum atomic E-state index is 0.0919. The number of ether oxygens (including phenoxy) is 1. The molecule has 1 N–H and O–H groups in total. The van der Waals surface area contributed by atoms with Crippen molar-refractivity contribution in [1.82, 2.24) is 0 Å². The standard InChI is InChI=1S/C19H24N2O/c1-19(2)15-21(18-12-7-6-11-17(18)20-19)13-8-14-22-16-9-4-3-5-10-16/h3-7,9-12,20H,8,13-15H2,1-2H3. The third kappa shape index (κ3) is 3.53. The van der Waals surface area contributed by atoms with Crippen molar-refractivity contribution in [2.24, 2.45) is 0 Å². The van der Waals surface area contributed by atoms with Gasteiger partial charge in [0.2, 0.25) is 0 Å². The summed E-state index contributed by atoms with van der Waals surface area (Å²) in [7, 11) is 0. The Kier molecular flexibility index (Phi) is 4.23. The van der Waals surface area contributed by atoms with Crippen molar-refractivity contribution < 1.29 is 4.74 Å². The van der Waals surface area contributed by atoms with Crippen molar-refractivity contribution in [3.63, 3.8) is 0 Å². The van der Waals surface area contributed by atoms with Gasteiger partial charge in [0.1, 0.15) is 5.75 Å². The summed E-state index contributed by atoms with van der Waals surface area (Å²) in [4.78, 5) is 2.46. The highest BCUT2D eigenvalue weighted by molar-refractivity contribution is 5.73. The Morgan fingerprint density at radius 3 is 2.59 bits per heavy atom. The lowest BCUT2D eigenvalue weighted by molar-refractivity contribution is 0.310. The first-order valence-corrected chi connectivity index (χ1v) is 7.94. The van der Waals surface area contributed by atoms with Crippen LogP contribution in [0.4, 0.5) is 11.4 Å². The van der Waals surface area contributed by atoms with Gasteiger partial charge in [0.05, 0.1) is 18.0 Å². The summed E-state index contributed by atoms with van der Waals surface area (Å²) < 4.78 is 5.79. The van der Waals surface area contributed by atoms with Crippen molar-refractivity contribution in [2.75, 3.05) is 29.9 Å². The number of benzene rings is 2. The number of hydrogen-bond donors (Lipinski definition) is 1. The van der Waals surface area contributed by atoms with Gasteiger partial charge in [0.15, 0.2) is 0 Å². The van der Waals surface area contributed by atoms with Crippen molar-refractivity contribution in [1.29, 1.82) is 0 Å². The Morgan fingerprint density at radius 2 is 1.77 bits per heavy atom. The van der Waals surface area contributed by atoms with Gasteiger partial charge in [-0.15, -0.1) is 0 Å². The zero-order chi connectivity index (χ0) is 15.4. The van der Waals surface area contributed by atoms with E-state index in [-0.39, 0.29) is 5.54 Å². The number of anilines is 2. The summed E-state index contributed by atoms with van der Waals surface area (Å²) in [5.41, 5.74) is 2.61. The summed E-state index contributed by atoms with van der Waals surface area (Å²) >= 11 is 0. The first kappa shape index (κ1) is 14.8. The summed E-state index contributed by atoms with van der Waals surface area (Å²) in [6.45, 7) is 7.26. The van der Waals surface area contributed by atoms with Crippen LogP contribution in [0, 0.1) is 0 Å². The van der Waals surface area contributed by atoms with Crippen LogP contribution in [0.15, 0.2) is 54.6 Å². The molecule has 22 heavy (non-hydrogen) atoms. The Bertz CT molecular complexity index is 610. The van der Waals surface area contributed by atoms with Crippen LogP contribution in [-0.4, -0.2) is 25.2 Å². The summed E-state index contributed by atoms with van der Waals surface area (Å²) in [6.07, 6.45) is 1.01. The summed E-state index contributed by atoms with van der Waals surface area (Å²) in [5, 5.41) is 3.61. The second-order valence-electron chi connectivity index (χ2n) is 6.46. The molecule has 0 bridgehead atoms. The molecule has 0 aliphatic carbocycles. The minimum Gasteiger partial charge on any atom is -0.494 e. The van der Waals surface area contributed by atoms with Gasteiger partial charge < -0.3 is 15.0 Å².